The van der Waals surface area contributed by atoms with E-state index in [4.69, 9.17) is 0 Å². The van der Waals surface area contributed by atoms with Gasteiger partial charge in [0.1, 0.15) is 6.54 Å². The van der Waals surface area contributed by atoms with E-state index in [0.29, 0.717) is 12.0 Å². The van der Waals surface area contributed by atoms with Crippen molar-refractivity contribution in [1.29, 1.82) is 0 Å². The average Bonchev–Trinajstić information content (AvgIpc) is 2.24. The van der Waals surface area contributed by atoms with Crippen LogP contribution in [0.1, 0.15) is 33.6 Å². The van der Waals surface area contributed by atoms with Crippen LogP contribution in [0.3, 0.4) is 0 Å². The molecule has 0 rings (SSSR count). The Hall–Kier alpha value is -0.530. The van der Waals surface area contributed by atoms with Crippen LogP contribution in [-0.4, -0.2) is 50.0 Å². The number of unbranched alkanes of at least 4 members (excludes halogenated alkanes) is 1. The van der Waals surface area contributed by atoms with Crippen LogP contribution in [0.5, 0.6) is 0 Å². The minimum atomic E-state index is 0. The molecule has 0 unspecified atom stereocenters. The Labute approximate surface area is 128 Å². The summed E-state index contributed by atoms with van der Waals surface area (Å²) < 4.78 is 0. The fourth-order valence-corrected chi connectivity index (χ4v) is 1.10. The summed E-state index contributed by atoms with van der Waals surface area (Å²) in [6, 6.07) is 0.303. The second-order valence-electron chi connectivity index (χ2n) is 4.53. The van der Waals surface area contributed by atoms with E-state index in [0.717, 1.165) is 19.4 Å². The van der Waals surface area contributed by atoms with Gasteiger partial charge in [-0.25, -0.2) is 4.99 Å². The van der Waals surface area contributed by atoms with Crippen molar-refractivity contribution in [3.05, 3.63) is 0 Å². The van der Waals surface area contributed by atoms with Crippen molar-refractivity contribution in [2.24, 2.45) is 4.99 Å². The Morgan fingerprint density at radius 2 is 1.94 bits per heavy atom. The minimum absolute atomic E-state index is 0. The predicted molar refractivity (Wildman–Crippen MR) is 87.6 cm³/mol. The summed E-state index contributed by atoms with van der Waals surface area (Å²) in [6.07, 6.45) is 2.24. The lowest BCUT2D eigenvalue weighted by Crippen LogP contribution is -2.42. The largest absolute Gasteiger partial charge is 0.356 e. The third kappa shape index (κ3) is 10.6. The molecule has 0 radical (unpaired) electrons. The molecule has 2 N–H and O–H groups in total. The summed E-state index contributed by atoms with van der Waals surface area (Å²) in [6.45, 7) is 7.30. The molecule has 0 saturated carbocycles. The zero-order valence-corrected chi connectivity index (χ0v) is 14.4. The van der Waals surface area contributed by atoms with Gasteiger partial charge in [0.25, 0.3) is 0 Å². The predicted octanol–water partition coefficient (Wildman–Crippen LogP) is 1.44. The molecule has 108 valence electrons. The lowest BCUT2D eigenvalue weighted by Gasteiger charge is -2.15. The number of carbonyl (C=O) groups is 1. The number of amides is 1. The maximum atomic E-state index is 11.4. The first-order valence-corrected chi connectivity index (χ1v) is 6.22. The molecule has 0 aromatic rings. The van der Waals surface area contributed by atoms with Crippen LogP contribution in [0.2, 0.25) is 0 Å². The molecular formula is C12H27IN4O. The highest BCUT2D eigenvalue weighted by molar-refractivity contribution is 14.0. The standard InChI is InChI=1S/C12H26N4O.HI/c1-6-7-8-13-12(15-10(2)3)14-9-11(17)16(4)5;/h10H,6-9H2,1-5H3,(H2,13,14,15);1H. The van der Waals surface area contributed by atoms with Gasteiger partial charge in [0, 0.05) is 26.7 Å². The molecule has 0 aromatic heterocycles. The van der Waals surface area contributed by atoms with E-state index in [1.807, 2.05) is 13.8 Å². The SMILES string of the molecule is CCCCNC(=NCC(=O)N(C)C)NC(C)C.I. The van der Waals surface area contributed by atoms with Crippen LogP contribution in [0.25, 0.3) is 0 Å². The van der Waals surface area contributed by atoms with Gasteiger partial charge in [0.15, 0.2) is 5.96 Å². The lowest BCUT2D eigenvalue weighted by molar-refractivity contribution is -0.127. The monoisotopic (exact) mass is 370 g/mol. The number of aliphatic imine (C=N–C) groups is 1. The molecule has 0 fully saturated rings. The van der Waals surface area contributed by atoms with Gasteiger partial charge < -0.3 is 15.5 Å². The summed E-state index contributed by atoms with van der Waals surface area (Å²) in [7, 11) is 3.47. The molecule has 1 amide bonds. The number of halogens is 1. The summed E-state index contributed by atoms with van der Waals surface area (Å²) in [4.78, 5) is 17.2. The normalized spacial score (nSPS) is 10.9. The van der Waals surface area contributed by atoms with Crippen LogP contribution < -0.4 is 10.6 Å². The molecule has 0 aromatic carbocycles. The topological polar surface area (TPSA) is 56.7 Å². The van der Waals surface area contributed by atoms with Crippen LogP contribution in [0.15, 0.2) is 4.99 Å². The summed E-state index contributed by atoms with van der Waals surface area (Å²) >= 11 is 0. The number of likely N-dealkylation sites (N-methyl/N-ethyl adjacent to an activating group) is 1. The summed E-state index contributed by atoms with van der Waals surface area (Å²) in [5.41, 5.74) is 0. The molecule has 5 nitrogen and oxygen atoms in total. The number of carbonyl (C=O) groups excluding carboxylic acids is 1. The van der Waals surface area contributed by atoms with Crippen LogP contribution >= 0.6 is 24.0 Å². The van der Waals surface area contributed by atoms with Crippen molar-refractivity contribution < 1.29 is 4.79 Å². The third-order valence-electron chi connectivity index (χ3n) is 2.12. The fourth-order valence-electron chi connectivity index (χ4n) is 1.10. The van der Waals surface area contributed by atoms with Crippen molar-refractivity contribution in [3.8, 4) is 0 Å². The Bertz CT molecular complexity index is 254. The fraction of sp³-hybridized carbons (Fsp3) is 0.833. The maximum absolute atomic E-state index is 11.4. The van der Waals surface area contributed by atoms with E-state index >= 15 is 0 Å². The average molecular weight is 370 g/mol. The quantitative estimate of drug-likeness (QED) is 0.322. The van der Waals surface area contributed by atoms with E-state index in [9.17, 15) is 4.79 Å². The Morgan fingerprint density at radius 1 is 1.33 bits per heavy atom. The number of hydrogen-bond donors (Lipinski definition) is 2. The van der Waals surface area contributed by atoms with Crippen molar-refractivity contribution in [2.75, 3.05) is 27.2 Å². The number of guanidine groups is 1. The zero-order valence-electron chi connectivity index (χ0n) is 12.1. The van der Waals surface area contributed by atoms with Crippen molar-refractivity contribution >= 4 is 35.8 Å². The summed E-state index contributed by atoms with van der Waals surface area (Å²) in [5, 5.41) is 6.42. The molecule has 0 spiro atoms. The van der Waals surface area contributed by atoms with E-state index in [-0.39, 0.29) is 36.4 Å². The Kier molecular flexibility index (Phi) is 12.7. The van der Waals surface area contributed by atoms with E-state index < -0.39 is 0 Å². The van der Waals surface area contributed by atoms with E-state index in [2.05, 4.69) is 22.5 Å². The highest BCUT2D eigenvalue weighted by Gasteiger charge is 2.04. The highest BCUT2D eigenvalue weighted by atomic mass is 127. The third-order valence-corrected chi connectivity index (χ3v) is 2.12. The second-order valence-corrected chi connectivity index (χ2v) is 4.53. The maximum Gasteiger partial charge on any atom is 0.243 e. The molecule has 0 aliphatic carbocycles. The molecule has 0 atom stereocenters. The lowest BCUT2D eigenvalue weighted by atomic mass is 10.3. The van der Waals surface area contributed by atoms with Gasteiger partial charge in [-0.15, -0.1) is 24.0 Å². The smallest absolute Gasteiger partial charge is 0.243 e. The molecular weight excluding hydrogens is 343 g/mol. The first-order valence-electron chi connectivity index (χ1n) is 6.22. The molecule has 0 saturated heterocycles. The molecule has 0 bridgehead atoms. The van der Waals surface area contributed by atoms with Crippen molar-refractivity contribution in [2.45, 2.75) is 39.7 Å². The minimum Gasteiger partial charge on any atom is -0.356 e. The summed E-state index contributed by atoms with van der Waals surface area (Å²) in [5.74, 6) is 0.717. The number of nitrogens with zero attached hydrogens (tertiary/aromatic N) is 2. The van der Waals surface area contributed by atoms with Gasteiger partial charge in [-0.1, -0.05) is 13.3 Å². The molecule has 6 heteroatoms. The molecule has 18 heavy (non-hydrogen) atoms. The van der Waals surface area contributed by atoms with E-state index in [1.54, 1.807) is 19.0 Å². The van der Waals surface area contributed by atoms with Crippen molar-refractivity contribution in [1.82, 2.24) is 15.5 Å². The zero-order chi connectivity index (χ0) is 13.3. The van der Waals surface area contributed by atoms with Gasteiger partial charge in [-0.05, 0) is 20.3 Å². The van der Waals surface area contributed by atoms with Crippen molar-refractivity contribution in [3.63, 3.8) is 0 Å². The van der Waals surface area contributed by atoms with Crippen LogP contribution in [-0.2, 0) is 4.79 Å². The van der Waals surface area contributed by atoms with Gasteiger partial charge >= 0.3 is 0 Å². The Morgan fingerprint density at radius 3 is 2.39 bits per heavy atom. The Balaban J connectivity index is 0. The molecule has 0 aliphatic rings. The number of nitrogens with one attached hydrogen (secondary N) is 2. The second kappa shape index (κ2) is 11.6. The molecule has 0 aliphatic heterocycles. The first kappa shape index (κ1) is 19.8. The van der Waals surface area contributed by atoms with Gasteiger partial charge in [-0.2, -0.15) is 0 Å². The number of hydrogen-bond acceptors (Lipinski definition) is 2. The van der Waals surface area contributed by atoms with Crippen LogP contribution in [0.4, 0.5) is 0 Å². The van der Waals surface area contributed by atoms with Gasteiger partial charge in [-0.3, -0.25) is 4.79 Å². The highest BCUT2D eigenvalue weighted by Crippen LogP contribution is 1.86. The molecule has 0 heterocycles. The first-order chi connectivity index (χ1) is 7.97. The van der Waals surface area contributed by atoms with E-state index in [1.165, 1.54) is 0 Å². The van der Waals surface area contributed by atoms with Gasteiger partial charge in [0.05, 0.1) is 0 Å². The van der Waals surface area contributed by atoms with Gasteiger partial charge in [0.2, 0.25) is 5.91 Å². The number of rotatable bonds is 6. The van der Waals surface area contributed by atoms with Crippen LogP contribution in [0, 0.1) is 0 Å².